The van der Waals surface area contributed by atoms with Crippen LogP contribution in [-0.2, 0) is 0 Å². The van der Waals surface area contributed by atoms with Gasteiger partial charge in [-0.1, -0.05) is 52.9 Å². The zero-order chi connectivity index (χ0) is 13.8. The molecule has 19 heavy (non-hydrogen) atoms. The molecule has 1 aliphatic rings. The number of carbonyl (C=O) groups is 1. The van der Waals surface area contributed by atoms with Crippen LogP contribution in [0.4, 0.5) is 4.39 Å². The van der Waals surface area contributed by atoms with E-state index in [0.29, 0.717) is 0 Å². The highest BCUT2D eigenvalue weighted by atomic mass is 79.9. The summed E-state index contributed by atoms with van der Waals surface area (Å²) >= 11 is 9.44. The average Bonchev–Trinajstić information content (AvgIpc) is 2.58. The molecule has 1 aliphatic carbocycles. The number of hydrogen-bond acceptors (Lipinski definition) is 1. The summed E-state index contributed by atoms with van der Waals surface area (Å²) in [5.74, 6) is -0.869. The van der Waals surface area contributed by atoms with Crippen molar-refractivity contribution in [2.45, 2.75) is 43.0 Å². The molecule has 2 rings (SSSR count). The maximum Gasteiger partial charge on any atom is 0.253 e. The minimum Gasteiger partial charge on any atom is -0.348 e. The zero-order valence-electron chi connectivity index (χ0n) is 10.5. The lowest BCUT2D eigenvalue weighted by Gasteiger charge is -2.21. The van der Waals surface area contributed by atoms with Gasteiger partial charge in [-0.05, 0) is 25.0 Å². The smallest absolute Gasteiger partial charge is 0.253 e. The molecule has 0 spiro atoms. The summed E-state index contributed by atoms with van der Waals surface area (Å²) in [6.07, 6.45) is 5.44. The SMILES string of the molecule is O=C(NC1CCCCCC1Br)c1cccc(F)c1Cl. The molecule has 1 saturated carbocycles. The van der Waals surface area contributed by atoms with Gasteiger partial charge in [0.15, 0.2) is 0 Å². The van der Waals surface area contributed by atoms with E-state index in [1.165, 1.54) is 25.0 Å². The molecule has 1 aromatic rings. The molecule has 1 aromatic carbocycles. The van der Waals surface area contributed by atoms with Gasteiger partial charge in [-0.2, -0.15) is 0 Å². The molecule has 0 aromatic heterocycles. The predicted molar refractivity (Wildman–Crippen MR) is 78.5 cm³/mol. The van der Waals surface area contributed by atoms with Crippen molar-refractivity contribution in [2.24, 2.45) is 0 Å². The fourth-order valence-electron chi connectivity index (χ4n) is 2.35. The van der Waals surface area contributed by atoms with Gasteiger partial charge in [0.05, 0.1) is 10.6 Å². The number of amides is 1. The van der Waals surface area contributed by atoms with Crippen LogP contribution in [0, 0.1) is 5.82 Å². The highest BCUT2D eigenvalue weighted by molar-refractivity contribution is 9.09. The van der Waals surface area contributed by atoms with Gasteiger partial charge in [-0.3, -0.25) is 4.79 Å². The van der Waals surface area contributed by atoms with Crippen LogP contribution >= 0.6 is 27.5 Å². The van der Waals surface area contributed by atoms with Crippen LogP contribution in [0.15, 0.2) is 18.2 Å². The third kappa shape index (κ3) is 3.69. The number of nitrogens with one attached hydrogen (secondary N) is 1. The van der Waals surface area contributed by atoms with Crippen LogP contribution in [0.3, 0.4) is 0 Å². The van der Waals surface area contributed by atoms with Crippen molar-refractivity contribution in [3.05, 3.63) is 34.6 Å². The second-order valence-electron chi connectivity index (χ2n) is 4.84. The van der Waals surface area contributed by atoms with E-state index in [-0.39, 0.29) is 27.4 Å². The topological polar surface area (TPSA) is 29.1 Å². The van der Waals surface area contributed by atoms with Crippen LogP contribution in [-0.4, -0.2) is 16.8 Å². The van der Waals surface area contributed by atoms with Crippen LogP contribution in [0.5, 0.6) is 0 Å². The number of rotatable bonds is 2. The van der Waals surface area contributed by atoms with E-state index in [0.717, 1.165) is 19.3 Å². The summed E-state index contributed by atoms with van der Waals surface area (Å²) in [6, 6.07) is 4.36. The molecule has 0 saturated heterocycles. The Balaban J connectivity index is 2.09. The van der Waals surface area contributed by atoms with Crippen molar-refractivity contribution < 1.29 is 9.18 Å². The summed E-state index contributed by atoms with van der Waals surface area (Å²) in [4.78, 5) is 12.4. The van der Waals surface area contributed by atoms with Crippen LogP contribution in [0.1, 0.15) is 42.5 Å². The first-order valence-corrected chi connectivity index (χ1v) is 7.78. The van der Waals surface area contributed by atoms with Gasteiger partial charge < -0.3 is 5.32 Å². The molecule has 1 fully saturated rings. The summed E-state index contributed by atoms with van der Waals surface area (Å²) in [6.45, 7) is 0. The van der Waals surface area contributed by atoms with Crippen molar-refractivity contribution >= 4 is 33.4 Å². The third-order valence-electron chi connectivity index (χ3n) is 3.44. The molecule has 1 N–H and O–H groups in total. The standard InChI is InChI=1S/C14H16BrClFNO/c15-10-6-2-1-3-8-12(10)18-14(19)9-5-4-7-11(17)13(9)16/h4-5,7,10,12H,1-3,6,8H2,(H,18,19). The summed E-state index contributed by atoms with van der Waals surface area (Å²) in [7, 11) is 0. The number of alkyl halides is 1. The van der Waals surface area contributed by atoms with Crippen LogP contribution in [0.2, 0.25) is 5.02 Å². The molecule has 1 amide bonds. The Morgan fingerprint density at radius 1 is 1.32 bits per heavy atom. The molecule has 2 nitrogen and oxygen atoms in total. The van der Waals surface area contributed by atoms with Crippen molar-refractivity contribution in [3.63, 3.8) is 0 Å². The monoisotopic (exact) mass is 347 g/mol. The quantitative estimate of drug-likeness (QED) is 0.626. The lowest BCUT2D eigenvalue weighted by atomic mass is 10.1. The molecular formula is C14H16BrClFNO. The van der Waals surface area contributed by atoms with Crippen molar-refractivity contribution in [1.29, 1.82) is 0 Å². The van der Waals surface area contributed by atoms with Gasteiger partial charge in [-0.15, -0.1) is 0 Å². The zero-order valence-corrected chi connectivity index (χ0v) is 12.8. The first kappa shape index (κ1) is 14.8. The Bertz CT molecular complexity index is 469. The van der Waals surface area contributed by atoms with E-state index in [2.05, 4.69) is 21.2 Å². The normalized spacial score (nSPS) is 23.7. The molecule has 0 aliphatic heterocycles. The molecule has 0 bridgehead atoms. The third-order valence-corrected chi connectivity index (χ3v) is 4.92. The highest BCUT2D eigenvalue weighted by Crippen LogP contribution is 2.25. The van der Waals surface area contributed by atoms with Gasteiger partial charge in [0.25, 0.3) is 5.91 Å². The van der Waals surface area contributed by atoms with Crippen LogP contribution < -0.4 is 5.32 Å². The molecule has 104 valence electrons. The van der Waals surface area contributed by atoms with Crippen molar-refractivity contribution in [2.75, 3.05) is 0 Å². The van der Waals surface area contributed by atoms with E-state index in [1.54, 1.807) is 6.07 Å². The number of benzene rings is 1. The maximum absolute atomic E-state index is 13.3. The van der Waals surface area contributed by atoms with Gasteiger partial charge in [0.2, 0.25) is 0 Å². The second kappa shape index (κ2) is 6.71. The van der Waals surface area contributed by atoms with E-state index in [4.69, 9.17) is 11.6 Å². The Labute approximate surface area is 125 Å². The minimum absolute atomic E-state index is 0.0781. The lowest BCUT2D eigenvalue weighted by molar-refractivity contribution is 0.0934. The van der Waals surface area contributed by atoms with Crippen molar-refractivity contribution in [1.82, 2.24) is 5.32 Å². The van der Waals surface area contributed by atoms with E-state index in [1.807, 2.05) is 0 Å². The molecule has 5 heteroatoms. The van der Waals surface area contributed by atoms with Crippen molar-refractivity contribution in [3.8, 4) is 0 Å². The Hall–Kier alpha value is -0.610. The summed E-state index contributed by atoms with van der Waals surface area (Å²) in [5, 5.41) is 2.84. The van der Waals surface area contributed by atoms with Gasteiger partial charge >= 0.3 is 0 Å². The van der Waals surface area contributed by atoms with Gasteiger partial charge in [0.1, 0.15) is 5.82 Å². The highest BCUT2D eigenvalue weighted by Gasteiger charge is 2.24. The predicted octanol–water partition coefficient (Wildman–Crippen LogP) is 4.31. The van der Waals surface area contributed by atoms with Gasteiger partial charge in [-0.25, -0.2) is 4.39 Å². The molecule has 2 atom stereocenters. The summed E-state index contributed by atoms with van der Waals surface area (Å²) < 4.78 is 13.3. The van der Waals surface area contributed by atoms with Gasteiger partial charge in [0, 0.05) is 10.9 Å². The molecular weight excluding hydrogens is 333 g/mol. The maximum atomic E-state index is 13.3. The van der Waals surface area contributed by atoms with Crippen LogP contribution in [0.25, 0.3) is 0 Å². The largest absolute Gasteiger partial charge is 0.348 e. The van der Waals surface area contributed by atoms with E-state index < -0.39 is 5.82 Å². The average molecular weight is 349 g/mol. The minimum atomic E-state index is -0.564. The molecule has 2 unspecified atom stereocenters. The lowest BCUT2D eigenvalue weighted by Crippen LogP contribution is -2.40. The Morgan fingerprint density at radius 3 is 2.84 bits per heavy atom. The Kier molecular flexibility index (Phi) is 5.22. The fourth-order valence-corrected chi connectivity index (χ4v) is 3.28. The summed E-state index contributed by atoms with van der Waals surface area (Å²) in [5.41, 5.74) is 0.200. The Morgan fingerprint density at radius 2 is 2.05 bits per heavy atom. The number of carbonyl (C=O) groups excluding carboxylic acids is 1. The molecule has 0 radical (unpaired) electrons. The number of hydrogen-bond donors (Lipinski definition) is 1. The first-order chi connectivity index (χ1) is 9.09. The van der Waals surface area contributed by atoms with E-state index in [9.17, 15) is 9.18 Å². The van der Waals surface area contributed by atoms with E-state index >= 15 is 0 Å². The second-order valence-corrected chi connectivity index (χ2v) is 6.39. The fraction of sp³-hybridized carbons (Fsp3) is 0.500. The first-order valence-electron chi connectivity index (χ1n) is 6.48. The molecule has 0 heterocycles. The number of halogens is 3.